The molecule has 0 unspecified atom stereocenters. The molecule has 5 rings (SSSR count). The van der Waals surface area contributed by atoms with Crippen molar-refractivity contribution in [2.24, 2.45) is 0 Å². The normalized spacial score (nSPS) is 15.1. The van der Waals surface area contributed by atoms with Crippen molar-refractivity contribution >= 4 is 17.4 Å². The highest BCUT2D eigenvalue weighted by molar-refractivity contribution is 6.06. The summed E-state index contributed by atoms with van der Waals surface area (Å²) < 4.78 is 5.42. The van der Waals surface area contributed by atoms with E-state index in [-0.39, 0.29) is 5.91 Å². The standard InChI is InChI=1S/C23H21N3O2/c27-23(25-21-6-3-9-24-22(21)26-10-12-28-13-11-26)17-7-8-20-18(15-17)14-16-4-1-2-5-19(16)20/h1-9,15H,10-14H2,(H,25,27). The number of hydrogen-bond donors (Lipinski definition) is 1. The fourth-order valence-corrected chi connectivity index (χ4v) is 4.00. The summed E-state index contributed by atoms with van der Waals surface area (Å²) in [5, 5.41) is 3.05. The highest BCUT2D eigenvalue weighted by Gasteiger charge is 2.21. The summed E-state index contributed by atoms with van der Waals surface area (Å²) in [5.41, 5.74) is 6.42. The number of carbonyl (C=O) groups is 1. The van der Waals surface area contributed by atoms with Crippen LogP contribution in [0.1, 0.15) is 21.5 Å². The summed E-state index contributed by atoms with van der Waals surface area (Å²) in [6.07, 6.45) is 2.63. The lowest BCUT2D eigenvalue weighted by molar-refractivity contribution is 0.102. The Kier molecular flexibility index (Phi) is 4.29. The van der Waals surface area contributed by atoms with Crippen molar-refractivity contribution in [3.63, 3.8) is 0 Å². The summed E-state index contributed by atoms with van der Waals surface area (Å²) >= 11 is 0. The zero-order chi connectivity index (χ0) is 18.9. The molecule has 5 heteroatoms. The molecular formula is C23H21N3O2. The van der Waals surface area contributed by atoms with Crippen LogP contribution in [0.2, 0.25) is 0 Å². The van der Waals surface area contributed by atoms with Gasteiger partial charge in [-0.2, -0.15) is 0 Å². The number of nitrogens with one attached hydrogen (secondary N) is 1. The van der Waals surface area contributed by atoms with E-state index in [4.69, 9.17) is 4.74 Å². The Bertz CT molecular complexity index is 1040. The molecular weight excluding hydrogens is 350 g/mol. The summed E-state index contributed by atoms with van der Waals surface area (Å²) in [5.74, 6) is 0.689. The fraction of sp³-hybridized carbons (Fsp3) is 0.217. The Morgan fingerprint density at radius 3 is 2.68 bits per heavy atom. The minimum Gasteiger partial charge on any atom is -0.378 e. The van der Waals surface area contributed by atoms with Crippen LogP contribution < -0.4 is 10.2 Å². The fourth-order valence-electron chi connectivity index (χ4n) is 4.00. The monoisotopic (exact) mass is 371 g/mol. The number of nitrogens with zero attached hydrogens (tertiary/aromatic N) is 2. The van der Waals surface area contributed by atoms with Crippen molar-refractivity contribution in [2.45, 2.75) is 6.42 Å². The number of morpholine rings is 1. The van der Waals surface area contributed by atoms with Crippen molar-refractivity contribution in [1.29, 1.82) is 0 Å². The van der Waals surface area contributed by atoms with Crippen LogP contribution in [0, 0.1) is 0 Å². The minimum atomic E-state index is -0.110. The molecule has 1 N–H and O–H groups in total. The molecule has 0 atom stereocenters. The second kappa shape index (κ2) is 7.09. The van der Waals surface area contributed by atoms with E-state index in [1.807, 2.05) is 24.3 Å². The third-order valence-electron chi connectivity index (χ3n) is 5.40. The zero-order valence-corrected chi connectivity index (χ0v) is 15.5. The smallest absolute Gasteiger partial charge is 0.255 e. The van der Waals surface area contributed by atoms with Crippen LogP contribution in [0.4, 0.5) is 11.5 Å². The number of ether oxygens (including phenoxy) is 1. The van der Waals surface area contributed by atoms with Crippen LogP contribution in [0.3, 0.4) is 0 Å². The Morgan fingerprint density at radius 1 is 0.964 bits per heavy atom. The van der Waals surface area contributed by atoms with Crippen molar-refractivity contribution in [3.8, 4) is 11.1 Å². The first kappa shape index (κ1) is 17.0. The molecule has 2 aromatic carbocycles. The van der Waals surface area contributed by atoms with E-state index in [1.165, 1.54) is 22.3 Å². The number of benzene rings is 2. The summed E-state index contributed by atoms with van der Waals surface area (Å²) in [7, 11) is 0. The van der Waals surface area contributed by atoms with Crippen molar-refractivity contribution in [2.75, 3.05) is 36.5 Å². The van der Waals surface area contributed by atoms with Gasteiger partial charge in [-0.25, -0.2) is 4.98 Å². The van der Waals surface area contributed by atoms with Gasteiger partial charge in [-0.15, -0.1) is 0 Å². The number of fused-ring (bicyclic) bond motifs is 3. The topological polar surface area (TPSA) is 54.5 Å². The molecule has 1 aliphatic carbocycles. The van der Waals surface area contributed by atoms with Crippen LogP contribution in [0.15, 0.2) is 60.8 Å². The van der Waals surface area contributed by atoms with Gasteiger partial charge < -0.3 is 15.0 Å². The van der Waals surface area contributed by atoms with Crippen LogP contribution in [-0.4, -0.2) is 37.2 Å². The van der Waals surface area contributed by atoms with Gasteiger partial charge in [-0.05, 0) is 52.9 Å². The largest absolute Gasteiger partial charge is 0.378 e. The van der Waals surface area contributed by atoms with E-state index in [0.717, 1.165) is 31.0 Å². The zero-order valence-electron chi connectivity index (χ0n) is 15.5. The molecule has 0 spiro atoms. The molecule has 28 heavy (non-hydrogen) atoms. The lowest BCUT2D eigenvalue weighted by atomic mass is 10.0. The van der Waals surface area contributed by atoms with Gasteiger partial charge in [0.25, 0.3) is 5.91 Å². The second-order valence-corrected chi connectivity index (χ2v) is 7.13. The number of pyridine rings is 1. The first-order valence-electron chi connectivity index (χ1n) is 9.60. The molecule has 2 heterocycles. The lowest BCUT2D eigenvalue weighted by Gasteiger charge is -2.29. The quantitative estimate of drug-likeness (QED) is 0.596. The van der Waals surface area contributed by atoms with E-state index < -0.39 is 0 Å². The number of anilines is 2. The first-order chi connectivity index (χ1) is 13.8. The maximum atomic E-state index is 12.9. The Hall–Kier alpha value is -3.18. The third kappa shape index (κ3) is 3.04. The molecule has 5 nitrogen and oxygen atoms in total. The van der Waals surface area contributed by atoms with Crippen molar-refractivity contribution in [3.05, 3.63) is 77.5 Å². The summed E-state index contributed by atoms with van der Waals surface area (Å²) in [6, 6.07) is 18.1. The van der Waals surface area contributed by atoms with Gasteiger partial charge in [-0.3, -0.25) is 4.79 Å². The van der Waals surface area contributed by atoms with E-state index in [9.17, 15) is 4.79 Å². The molecule has 2 aliphatic rings. The van der Waals surface area contributed by atoms with Gasteiger partial charge in [-0.1, -0.05) is 30.3 Å². The van der Waals surface area contributed by atoms with E-state index >= 15 is 0 Å². The number of rotatable bonds is 3. The number of aromatic nitrogens is 1. The van der Waals surface area contributed by atoms with Gasteiger partial charge in [0, 0.05) is 24.8 Å². The third-order valence-corrected chi connectivity index (χ3v) is 5.40. The number of hydrogen-bond acceptors (Lipinski definition) is 4. The molecule has 3 aromatic rings. The second-order valence-electron chi connectivity index (χ2n) is 7.13. The highest BCUT2D eigenvalue weighted by Crippen LogP contribution is 2.36. The average molecular weight is 371 g/mol. The molecule has 1 amide bonds. The van der Waals surface area contributed by atoms with Gasteiger partial charge >= 0.3 is 0 Å². The summed E-state index contributed by atoms with van der Waals surface area (Å²) in [4.78, 5) is 19.6. The Balaban J connectivity index is 1.39. The number of amides is 1. The van der Waals surface area contributed by atoms with Gasteiger partial charge in [0.1, 0.15) is 0 Å². The SMILES string of the molecule is O=C(Nc1cccnc1N1CCOCC1)c1ccc2c(c1)Cc1ccccc1-2. The molecule has 0 saturated carbocycles. The number of carbonyl (C=O) groups excluding carboxylic acids is 1. The average Bonchev–Trinajstić information content (AvgIpc) is 3.12. The van der Waals surface area contributed by atoms with Crippen molar-refractivity contribution in [1.82, 2.24) is 4.98 Å². The molecule has 1 aliphatic heterocycles. The van der Waals surface area contributed by atoms with E-state index in [2.05, 4.69) is 45.5 Å². The van der Waals surface area contributed by atoms with Crippen LogP contribution in [0.25, 0.3) is 11.1 Å². The maximum Gasteiger partial charge on any atom is 0.255 e. The predicted octanol–water partition coefficient (Wildman–Crippen LogP) is 3.74. The van der Waals surface area contributed by atoms with Gasteiger partial charge in [0.15, 0.2) is 5.82 Å². The van der Waals surface area contributed by atoms with Gasteiger partial charge in [0.2, 0.25) is 0 Å². The lowest BCUT2D eigenvalue weighted by Crippen LogP contribution is -2.37. The minimum absolute atomic E-state index is 0.110. The molecule has 1 saturated heterocycles. The Labute approximate surface area is 164 Å². The van der Waals surface area contributed by atoms with E-state index in [1.54, 1.807) is 6.20 Å². The van der Waals surface area contributed by atoms with Gasteiger partial charge in [0.05, 0.1) is 18.9 Å². The van der Waals surface area contributed by atoms with Crippen LogP contribution in [0.5, 0.6) is 0 Å². The Morgan fingerprint density at radius 2 is 1.79 bits per heavy atom. The summed E-state index contributed by atoms with van der Waals surface area (Å²) in [6.45, 7) is 2.90. The van der Waals surface area contributed by atoms with Crippen LogP contribution >= 0.6 is 0 Å². The predicted molar refractivity (Wildman–Crippen MR) is 110 cm³/mol. The van der Waals surface area contributed by atoms with Crippen molar-refractivity contribution < 1.29 is 9.53 Å². The molecule has 140 valence electrons. The highest BCUT2D eigenvalue weighted by atomic mass is 16.5. The molecule has 1 fully saturated rings. The molecule has 0 bridgehead atoms. The first-order valence-corrected chi connectivity index (χ1v) is 9.60. The molecule has 1 aromatic heterocycles. The van der Waals surface area contributed by atoms with Crippen LogP contribution in [-0.2, 0) is 11.2 Å². The van der Waals surface area contributed by atoms with E-state index in [0.29, 0.717) is 18.8 Å². The maximum absolute atomic E-state index is 12.9. The molecule has 0 radical (unpaired) electrons.